The van der Waals surface area contributed by atoms with Crippen molar-refractivity contribution >= 4 is 5.97 Å². The summed E-state index contributed by atoms with van der Waals surface area (Å²) in [5.74, 6) is 1.66. The molecule has 3 nitrogen and oxygen atoms in total. The molecule has 0 radical (unpaired) electrons. The molecule has 0 spiro atoms. The monoisotopic (exact) mass is 262 g/mol. The molecule has 1 heterocycles. The Labute approximate surface area is 114 Å². The minimum absolute atomic E-state index is 0.199. The number of carbonyl (C=O) groups is 1. The van der Waals surface area contributed by atoms with Gasteiger partial charge < -0.3 is 9.47 Å². The summed E-state index contributed by atoms with van der Waals surface area (Å²) < 4.78 is 10.6. The fourth-order valence-corrected chi connectivity index (χ4v) is 3.14. The summed E-state index contributed by atoms with van der Waals surface area (Å²) in [6, 6.07) is 0. The second kappa shape index (κ2) is 4.48. The number of fused-ring (bicyclic) bond motifs is 1. The van der Waals surface area contributed by atoms with Crippen LogP contribution in [0.15, 0.2) is 23.3 Å². The maximum atomic E-state index is 11.8. The first-order valence-electron chi connectivity index (χ1n) is 7.14. The van der Waals surface area contributed by atoms with E-state index >= 15 is 0 Å². The van der Waals surface area contributed by atoms with E-state index in [1.54, 1.807) is 11.6 Å². The normalized spacial score (nSPS) is 32.4. The summed E-state index contributed by atoms with van der Waals surface area (Å²) in [5, 5.41) is 0. The summed E-state index contributed by atoms with van der Waals surface area (Å²) >= 11 is 0. The average molecular weight is 262 g/mol. The van der Waals surface area contributed by atoms with Crippen molar-refractivity contribution in [2.45, 2.75) is 39.2 Å². The minimum Gasteiger partial charge on any atom is -0.457 e. The number of esters is 1. The van der Waals surface area contributed by atoms with Crippen molar-refractivity contribution in [1.82, 2.24) is 0 Å². The van der Waals surface area contributed by atoms with Crippen LogP contribution < -0.4 is 0 Å². The molecule has 2 atom stereocenters. The van der Waals surface area contributed by atoms with Crippen molar-refractivity contribution in [3.05, 3.63) is 23.3 Å². The predicted molar refractivity (Wildman–Crippen MR) is 72.5 cm³/mol. The fourth-order valence-electron chi connectivity index (χ4n) is 3.14. The molecule has 2 aliphatic carbocycles. The molecule has 2 unspecified atom stereocenters. The molecule has 0 N–H and O–H groups in total. The molecule has 0 amide bonds. The van der Waals surface area contributed by atoms with Gasteiger partial charge in [-0.2, -0.15) is 0 Å². The smallest absolute Gasteiger partial charge is 0.331 e. The van der Waals surface area contributed by atoms with Crippen LogP contribution in [-0.2, 0) is 14.3 Å². The van der Waals surface area contributed by atoms with Crippen LogP contribution in [0.4, 0.5) is 0 Å². The van der Waals surface area contributed by atoms with E-state index in [2.05, 4.69) is 6.08 Å². The zero-order valence-electron chi connectivity index (χ0n) is 11.9. The quantitative estimate of drug-likeness (QED) is 0.436. The van der Waals surface area contributed by atoms with E-state index in [0.717, 1.165) is 25.6 Å². The van der Waals surface area contributed by atoms with Crippen LogP contribution in [0.1, 0.15) is 33.6 Å². The van der Waals surface area contributed by atoms with Crippen molar-refractivity contribution in [3.8, 4) is 0 Å². The standard InChI is InChI=1S/C16H22O3/c1-16(2,3)19-15(17)7-12-5-11-4-10(6-14(11)12)13-8-18-9-13/h6-7,11,13-14H,4-5,8-9H2,1-3H3/b12-7+. The van der Waals surface area contributed by atoms with Gasteiger partial charge in [-0.25, -0.2) is 4.79 Å². The van der Waals surface area contributed by atoms with Gasteiger partial charge in [-0.3, -0.25) is 0 Å². The van der Waals surface area contributed by atoms with Crippen molar-refractivity contribution in [2.75, 3.05) is 13.2 Å². The summed E-state index contributed by atoms with van der Waals surface area (Å²) in [4.78, 5) is 11.8. The van der Waals surface area contributed by atoms with Crippen LogP contribution in [0, 0.1) is 17.8 Å². The molecule has 3 heteroatoms. The number of carbonyl (C=O) groups excluding carboxylic acids is 1. The highest BCUT2D eigenvalue weighted by atomic mass is 16.6. The van der Waals surface area contributed by atoms with E-state index in [1.165, 1.54) is 12.0 Å². The molecule has 0 aromatic rings. The van der Waals surface area contributed by atoms with Crippen LogP contribution in [0.2, 0.25) is 0 Å². The van der Waals surface area contributed by atoms with Gasteiger partial charge in [0.1, 0.15) is 5.60 Å². The Morgan fingerprint density at radius 2 is 2.11 bits per heavy atom. The maximum Gasteiger partial charge on any atom is 0.331 e. The first kappa shape index (κ1) is 12.9. The molecule has 104 valence electrons. The number of hydrogen-bond acceptors (Lipinski definition) is 3. The predicted octanol–water partition coefficient (Wildman–Crippen LogP) is 2.87. The second-order valence-corrected chi connectivity index (χ2v) is 6.92. The SMILES string of the molecule is CC(C)(C)OC(=O)/C=C1\CC2CC(C3COC3)=CC12. The van der Waals surface area contributed by atoms with Crippen molar-refractivity contribution in [2.24, 2.45) is 17.8 Å². The zero-order chi connectivity index (χ0) is 13.6. The highest BCUT2D eigenvalue weighted by molar-refractivity contribution is 5.83. The van der Waals surface area contributed by atoms with Gasteiger partial charge in [0.2, 0.25) is 0 Å². The molecular formula is C16H22O3. The molecule has 19 heavy (non-hydrogen) atoms. The number of rotatable bonds is 2. The second-order valence-electron chi connectivity index (χ2n) is 6.92. The van der Waals surface area contributed by atoms with E-state index in [4.69, 9.17) is 9.47 Å². The van der Waals surface area contributed by atoms with Crippen molar-refractivity contribution in [1.29, 1.82) is 0 Å². The lowest BCUT2D eigenvalue weighted by atomic mass is 9.71. The maximum absolute atomic E-state index is 11.8. The summed E-state index contributed by atoms with van der Waals surface area (Å²) in [5.41, 5.74) is 2.39. The van der Waals surface area contributed by atoms with E-state index < -0.39 is 5.60 Å². The molecule has 0 aromatic carbocycles. The molecule has 1 saturated heterocycles. The van der Waals surface area contributed by atoms with Gasteiger partial charge in [-0.15, -0.1) is 0 Å². The topological polar surface area (TPSA) is 35.5 Å². The Kier molecular flexibility index (Phi) is 3.05. The largest absolute Gasteiger partial charge is 0.457 e. The van der Waals surface area contributed by atoms with Crippen molar-refractivity contribution in [3.63, 3.8) is 0 Å². The van der Waals surface area contributed by atoms with Crippen LogP contribution >= 0.6 is 0 Å². The Morgan fingerprint density at radius 3 is 2.68 bits per heavy atom. The molecule has 1 saturated carbocycles. The van der Waals surface area contributed by atoms with Crippen LogP contribution in [0.3, 0.4) is 0 Å². The summed E-state index contributed by atoms with van der Waals surface area (Å²) in [6.07, 6.45) is 6.34. The van der Waals surface area contributed by atoms with Gasteiger partial charge in [-0.05, 0) is 39.5 Å². The summed E-state index contributed by atoms with van der Waals surface area (Å²) in [6.45, 7) is 7.47. The molecular weight excluding hydrogens is 240 g/mol. The van der Waals surface area contributed by atoms with Gasteiger partial charge in [0.25, 0.3) is 0 Å². The van der Waals surface area contributed by atoms with Gasteiger partial charge in [0.05, 0.1) is 13.2 Å². The van der Waals surface area contributed by atoms with E-state index in [1.807, 2.05) is 20.8 Å². The lowest BCUT2D eigenvalue weighted by molar-refractivity contribution is -0.148. The van der Waals surface area contributed by atoms with Crippen molar-refractivity contribution < 1.29 is 14.3 Å². The molecule has 3 aliphatic rings. The Balaban J connectivity index is 1.62. The Bertz CT molecular complexity index is 449. The average Bonchev–Trinajstić information content (AvgIpc) is 2.48. The molecule has 3 rings (SSSR count). The first-order valence-corrected chi connectivity index (χ1v) is 7.14. The van der Waals surface area contributed by atoms with Gasteiger partial charge in [-0.1, -0.05) is 17.2 Å². The number of ether oxygens (including phenoxy) is 2. The van der Waals surface area contributed by atoms with Crippen LogP contribution in [-0.4, -0.2) is 24.8 Å². The Morgan fingerprint density at radius 1 is 1.37 bits per heavy atom. The van der Waals surface area contributed by atoms with Gasteiger partial charge >= 0.3 is 5.97 Å². The number of allylic oxidation sites excluding steroid dienone is 2. The third-order valence-electron chi connectivity index (χ3n) is 4.20. The van der Waals surface area contributed by atoms with Gasteiger partial charge in [0, 0.05) is 17.9 Å². The molecule has 0 aromatic heterocycles. The molecule has 2 fully saturated rings. The molecule has 1 aliphatic heterocycles. The van der Waals surface area contributed by atoms with E-state index in [9.17, 15) is 4.79 Å². The first-order chi connectivity index (χ1) is 8.92. The van der Waals surface area contributed by atoms with E-state index in [0.29, 0.717) is 11.8 Å². The fraction of sp³-hybridized carbons (Fsp3) is 0.688. The minimum atomic E-state index is -0.406. The lowest BCUT2D eigenvalue weighted by Crippen LogP contribution is -2.29. The molecule has 0 bridgehead atoms. The number of hydrogen-bond donors (Lipinski definition) is 0. The highest BCUT2D eigenvalue weighted by Crippen LogP contribution is 2.51. The summed E-state index contributed by atoms with van der Waals surface area (Å²) in [7, 11) is 0. The highest BCUT2D eigenvalue weighted by Gasteiger charge is 2.42. The third-order valence-corrected chi connectivity index (χ3v) is 4.20. The third kappa shape index (κ3) is 2.62. The lowest BCUT2D eigenvalue weighted by Gasteiger charge is -2.34. The Hall–Kier alpha value is -1.09. The van der Waals surface area contributed by atoms with E-state index in [-0.39, 0.29) is 5.97 Å². The van der Waals surface area contributed by atoms with Crippen LogP contribution in [0.25, 0.3) is 0 Å². The van der Waals surface area contributed by atoms with Crippen LogP contribution in [0.5, 0.6) is 0 Å². The van der Waals surface area contributed by atoms with Gasteiger partial charge in [0.15, 0.2) is 0 Å². The zero-order valence-corrected chi connectivity index (χ0v) is 11.9.